The molecule has 176 valence electrons. The van der Waals surface area contributed by atoms with E-state index in [-0.39, 0.29) is 30.3 Å². The molecule has 0 unspecified atom stereocenters. The van der Waals surface area contributed by atoms with E-state index in [1.54, 1.807) is 25.1 Å². The molecule has 0 radical (unpaired) electrons. The van der Waals surface area contributed by atoms with Crippen molar-refractivity contribution in [3.8, 4) is 11.8 Å². The van der Waals surface area contributed by atoms with Crippen LogP contribution in [0.25, 0.3) is 6.08 Å². The molecule has 1 N–H and O–H groups in total. The van der Waals surface area contributed by atoms with Crippen LogP contribution < -0.4 is 10.1 Å². The van der Waals surface area contributed by atoms with Gasteiger partial charge in [0.05, 0.1) is 12.2 Å². The van der Waals surface area contributed by atoms with Crippen LogP contribution in [-0.4, -0.2) is 18.5 Å². The summed E-state index contributed by atoms with van der Waals surface area (Å²) in [5, 5.41) is 12.6. The number of benzene rings is 1. The van der Waals surface area contributed by atoms with Gasteiger partial charge in [-0.15, -0.1) is 11.3 Å². The molecule has 0 spiro atoms. The van der Waals surface area contributed by atoms with Gasteiger partial charge in [-0.3, -0.25) is 4.79 Å². The second kappa shape index (κ2) is 11.7. The Hall–Kier alpha value is -3.35. The third-order valence-corrected chi connectivity index (χ3v) is 6.45. The molecule has 0 aliphatic rings. The minimum Gasteiger partial charge on any atom is -0.486 e. The zero-order valence-electron chi connectivity index (χ0n) is 18.9. The number of esters is 1. The topological polar surface area (TPSA) is 102 Å². The number of rotatable bonds is 9. The van der Waals surface area contributed by atoms with Crippen LogP contribution in [0.5, 0.6) is 5.75 Å². The molecular weight excluding hydrogens is 520 g/mol. The predicted molar refractivity (Wildman–Crippen MR) is 134 cm³/mol. The number of furan rings is 1. The summed E-state index contributed by atoms with van der Waals surface area (Å²) in [6.07, 6.45) is 1.35. The number of nitrogens with zero attached hydrogens (tertiary/aromatic N) is 1. The standard InChI is InChI=1S/C25H23BrN2O5S/c1-4-31-25(30)21-12-22(15(2)3)34-24(21)28-23(29)16(13-27)11-19-9-10-20(33-19)14-32-18-7-5-17(26)6-8-18/h5-12,15H,4,14H2,1-3H3,(H,28,29)/b16-11+. The van der Waals surface area contributed by atoms with Crippen molar-refractivity contribution in [1.29, 1.82) is 5.26 Å². The van der Waals surface area contributed by atoms with Crippen molar-refractivity contribution in [1.82, 2.24) is 0 Å². The van der Waals surface area contributed by atoms with Crippen molar-refractivity contribution in [2.45, 2.75) is 33.3 Å². The quantitative estimate of drug-likeness (QED) is 0.187. The fourth-order valence-electron chi connectivity index (χ4n) is 2.84. The first-order valence-electron chi connectivity index (χ1n) is 10.5. The zero-order chi connectivity index (χ0) is 24.7. The number of carbonyl (C=O) groups excluding carboxylic acids is 2. The minimum absolute atomic E-state index is 0.163. The van der Waals surface area contributed by atoms with Gasteiger partial charge >= 0.3 is 5.97 Å². The SMILES string of the molecule is CCOC(=O)c1cc(C(C)C)sc1NC(=O)/C(C#N)=C/c1ccc(COc2ccc(Br)cc2)o1. The van der Waals surface area contributed by atoms with Crippen LogP contribution >= 0.6 is 27.3 Å². The highest BCUT2D eigenvalue weighted by Crippen LogP contribution is 2.33. The number of halogens is 1. The molecule has 0 atom stereocenters. The molecule has 0 saturated heterocycles. The first-order chi connectivity index (χ1) is 16.3. The summed E-state index contributed by atoms with van der Waals surface area (Å²) in [5.74, 6) is 0.551. The Labute approximate surface area is 210 Å². The summed E-state index contributed by atoms with van der Waals surface area (Å²) in [4.78, 5) is 26.0. The van der Waals surface area contributed by atoms with Gasteiger partial charge < -0.3 is 19.2 Å². The van der Waals surface area contributed by atoms with Gasteiger partial charge in [-0.2, -0.15) is 5.26 Å². The predicted octanol–water partition coefficient (Wildman–Crippen LogP) is 6.53. The first kappa shape index (κ1) is 25.3. The summed E-state index contributed by atoms with van der Waals surface area (Å²) in [5.41, 5.74) is 0.107. The zero-order valence-corrected chi connectivity index (χ0v) is 21.3. The molecular formula is C25H23BrN2O5S. The van der Waals surface area contributed by atoms with Crippen molar-refractivity contribution in [2.24, 2.45) is 0 Å². The highest BCUT2D eigenvalue weighted by atomic mass is 79.9. The molecule has 3 rings (SSSR count). The van der Waals surface area contributed by atoms with Crippen molar-refractivity contribution in [3.63, 3.8) is 0 Å². The average molecular weight is 543 g/mol. The van der Waals surface area contributed by atoms with Gasteiger partial charge in [0.15, 0.2) is 0 Å². The number of thiophene rings is 1. The Balaban J connectivity index is 1.72. The second-order valence-corrected chi connectivity index (χ2v) is 9.44. The third-order valence-electron chi connectivity index (χ3n) is 4.57. The number of hydrogen-bond acceptors (Lipinski definition) is 7. The lowest BCUT2D eigenvalue weighted by atomic mass is 10.1. The summed E-state index contributed by atoms with van der Waals surface area (Å²) < 4.78 is 17.4. The Kier molecular flexibility index (Phi) is 8.68. The number of nitrogens with one attached hydrogen (secondary N) is 1. The number of anilines is 1. The van der Waals surface area contributed by atoms with Crippen LogP contribution in [0.1, 0.15) is 53.4 Å². The molecule has 2 aromatic heterocycles. The summed E-state index contributed by atoms with van der Waals surface area (Å²) >= 11 is 4.65. The summed E-state index contributed by atoms with van der Waals surface area (Å²) in [7, 11) is 0. The van der Waals surface area contributed by atoms with Crippen LogP contribution in [0.2, 0.25) is 0 Å². The second-order valence-electron chi connectivity index (χ2n) is 7.44. The normalized spacial score (nSPS) is 11.2. The Morgan fingerprint density at radius 1 is 1.24 bits per heavy atom. The van der Waals surface area contributed by atoms with Crippen molar-refractivity contribution < 1.29 is 23.5 Å². The van der Waals surface area contributed by atoms with E-state index in [0.717, 1.165) is 9.35 Å². The van der Waals surface area contributed by atoms with Gasteiger partial charge in [0.2, 0.25) is 0 Å². The number of hydrogen-bond donors (Lipinski definition) is 1. The number of amides is 1. The molecule has 1 amide bonds. The largest absolute Gasteiger partial charge is 0.486 e. The molecule has 0 fully saturated rings. The van der Waals surface area contributed by atoms with E-state index in [1.165, 1.54) is 17.4 Å². The highest BCUT2D eigenvalue weighted by molar-refractivity contribution is 9.10. The molecule has 34 heavy (non-hydrogen) atoms. The number of ether oxygens (including phenoxy) is 2. The average Bonchev–Trinajstić information content (AvgIpc) is 3.44. The molecule has 0 bridgehead atoms. The Bertz CT molecular complexity index is 1230. The monoisotopic (exact) mass is 542 g/mol. The van der Waals surface area contributed by atoms with E-state index in [0.29, 0.717) is 22.3 Å². The fraction of sp³-hybridized carbons (Fsp3) is 0.240. The highest BCUT2D eigenvalue weighted by Gasteiger charge is 2.21. The van der Waals surface area contributed by atoms with Crippen molar-refractivity contribution in [3.05, 3.63) is 74.5 Å². The maximum atomic E-state index is 12.8. The van der Waals surface area contributed by atoms with E-state index in [1.807, 2.05) is 44.2 Å². The number of carbonyl (C=O) groups is 2. The molecule has 2 heterocycles. The fourth-order valence-corrected chi connectivity index (χ4v) is 4.15. The smallest absolute Gasteiger partial charge is 0.341 e. The van der Waals surface area contributed by atoms with Crippen molar-refractivity contribution in [2.75, 3.05) is 11.9 Å². The van der Waals surface area contributed by atoms with Gasteiger partial charge in [-0.25, -0.2) is 4.79 Å². The molecule has 9 heteroatoms. The maximum Gasteiger partial charge on any atom is 0.341 e. The van der Waals surface area contributed by atoms with E-state index in [2.05, 4.69) is 21.2 Å². The van der Waals surface area contributed by atoms with Crippen LogP contribution in [0.3, 0.4) is 0 Å². The lowest BCUT2D eigenvalue weighted by Crippen LogP contribution is -2.15. The van der Waals surface area contributed by atoms with Gasteiger partial charge in [0, 0.05) is 15.4 Å². The minimum atomic E-state index is -0.644. The lowest BCUT2D eigenvalue weighted by molar-refractivity contribution is -0.112. The van der Waals surface area contributed by atoms with Crippen LogP contribution in [-0.2, 0) is 16.1 Å². The van der Waals surface area contributed by atoms with Crippen LogP contribution in [0, 0.1) is 11.3 Å². The molecule has 7 nitrogen and oxygen atoms in total. The third kappa shape index (κ3) is 6.59. The molecule has 0 aliphatic heterocycles. The van der Waals surface area contributed by atoms with Gasteiger partial charge in [0.25, 0.3) is 5.91 Å². The summed E-state index contributed by atoms with van der Waals surface area (Å²) in [6, 6.07) is 14.4. The molecule has 0 saturated carbocycles. The van der Waals surface area contributed by atoms with Crippen LogP contribution in [0.4, 0.5) is 5.00 Å². The van der Waals surface area contributed by atoms with Gasteiger partial charge in [-0.1, -0.05) is 29.8 Å². The molecule has 0 aliphatic carbocycles. The van der Waals surface area contributed by atoms with E-state index in [4.69, 9.17) is 13.9 Å². The Morgan fingerprint density at radius 3 is 2.62 bits per heavy atom. The van der Waals surface area contributed by atoms with Crippen LogP contribution in [0.15, 0.2) is 56.9 Å². The number of nitriles is 1. The van der Waals surface area contributed by atoms with Gasteiger partial charge in [-0.05, 0) is 55.3 Å². The lowest BCUT2D eigenvalue weighted by Gasteiger charge is -2.05. The molecule has 3 aromatic rings. The molecule has 1 aromatic carbocycles. The van der Waals surface area contributed by atoms with E-state index < -0.39 is 11.9 Å². The van der Waals surface area contributed by atoms with Crippen molar-refractivity contribution >= 4 is 50.2 Å². The van der Waals surface area contributed by atoms with E-state index >= 15 is 0 Å². The first-order valence-corrected chi connectivity index (χ1v) is 12.1. The summed E-state index contributed by atoms with van der Waals surface area (Å²) in [6.45, 7) is 6.10. The van der Waals surface area contributed by atoms with E-state index in [9.17, 15) is 14.9 Å². The van der Waals surface area contributed by atoms with Gasteiger partial charge in [0.1, 0.15) is 40.5 Å². The maximum absolute atomic E-state index is 12.8. The Morgan fingerprint density at radius 2 is 1.97 bits per heavy atom.